The number of hydrogen-bond donors (Lipinski definition) is 1. The molecule has 0 spiro atoms. The fraction of sp³-hybridized carbons (Fsp3) is 0.0909. The van der Waals surface area contributed by atoms with Crippen LogP contribution < -0.4 is 5.32 Å². The molecule has 4 rings (SSSR count). The van der Waals surface area contributed by atoms with Crippen molar-refractivity contribution in [2.45, 2.75) is 22.6 Å². The number of amides is 3. The lowest BCUT2D eigenvalue weighted by molar-refractivity contribution is -0.123. The summed E-state index contributed by atoms with van der Waals surface area (Å²) in [5, 5.41) is 3.39. The topological polar surface area (TPSA) is 49.4 Å². The number of hydrogen-bond acceptors (Lipinski definition) is 4. The number of halogens is 1. The van der Waals surface area contributed by atoms with Gasteiger partial charge in [0.1, 0.15) is 5.70 Å². The Labute approximate surface area is 182 Å². The molecule has 1 saturated heterocycles. The van der Waals surface area contributed by atoms with E-state index in [1.807, 2.05) is 67.6 Å². The van der Waals surface area contributed by atoms with Crippen LogP contribution in [0.25, 0.3) is 6.08 Å². The zero-order chi connectivity index (χ0) is 20.4. The molecule has 146 valence electrons. The normalized spacial score (nSPS) is 15.2. The summed E-state index contributed by atoms with van der Waals surface area (Å²) >= 11 is 9.11. The van der Waals surface area contributed by atoms with E-state index in [1.165, 1.54) is 4.90 Å². The fourth-order valence-electron chi connectivity index (χ4n) is 2.94. The molecule has 29 heavy (non-hydrogen) atoms. The largest absolute Gasteiger partial charge is 0.329 e. The van der Waals surface area contributed by atoms with Gasteiger partial charge in [-0.05, 0) is 55.0 Å². The molecule has 3 amide bonds. The molecule has 0 atom stereocenters. The fourth-order valence-corrected chi connectivity index (χ4v) is 5.13. The molecule has 7 heteroatoms. The number of nitrogens with zero attached hydrogens (tertiary/aromatic N) is 1. The van der Waals surface area contributed by atoms with Crippen LogP contribution in [0.4, 0.5) is 4.79 Å². The van der Waals surface area contributed by atoms with Gasteiger partial charge in [0.15, 0.2) is 0 Å². The minimum Gasteiger partial charge on any atom is -0.303 e. The molecule has 1 fully saturated rings. The van der Waals surface area contributed by atoms with Gasteiger partial charge in [0.25, 0.3) is 5.91 Å². The highest BCUT2D eigenvalue weighted by atomic mass is 35.5. The van der Waals surface area contributed by atoms with Crippen LogP contribution in [0.1, 0.15) is 16.0 Å². The zero-order valence-electron chi connectivity index (χ0n) is 15.5. The van der Waals surface area contributed by atoms with Crippen LogP contribution in [0.3, 0.4) is 0 Å². The van der Waals surface area contributed by atoms with Gasteiger partial charge in [-0.2, -0.15) is 0 Å². The van der Waals surface area contributed by atoms with Crippen LogP contribution in [0.15, 0.2) is 75.5 Å². The first-order valence-corrected chi connectivity index (χ1v) is 10.9. The number of rotatable bonds is 5. The molecule has 2 aromatic carbocycles. The Hall–Kier alpha value is -2.54. The number of carbonyl (C=O) groups is 2. The lowest BCUT2D eigenvalue weighted by Gasteiger charge is -2.12. The van der Waals surface area contributed by atoms with E-state index in [0.29, 0.717) is 10.7 Å². The lowest BCUT2D eigenvalue weighted by atomic mass is 10.1. The van der Waals surface area contributed by atoms with Gasteiger partial charge in [-0.3, -0.25) is 9.69 Å². The Bertz CT molecular complexity index is 1110. The Balaban J connectivity index is 1.47. The first kappa shape index (κ1) is 19.8. The van der Waals surface area contributed by atoms with Gasteiger partial charge in [0.05, 0.1) is 10.8 Å². The Kier molecular flexibility index (Phi) is 5.76. The van der Waals surface area contributed by atoms with Gasteiger partial charge < -0.3 is 5.32 Å². The van der Waals surface area contributed by atoms with Crippen molar-refractivity contribution in [1.29, 1.82) is 0 Å². The molecule has 4 nitrogen and oxygen atoms in total. The van der Waals surface area contributed by atoms with Crippen LogP contribution in [0.5, 0.6) is 0 Å². The smallest absolute Gasteiger partial charge is 0.303 e. The van der Waals surface area contributed by atoms with Crippen LogP contribution in [0, 0.1) is 6.92 Å². The molecule has 1 aromatic heterocycles. The zero-order valence-corrected chi connectivity index (χ0v) is 17.9. The van der Waals surface area contributed by atoms with E-state index < -0.39 is 6.03 Å². The Morgan fingerprint density at radius 2 is 1.90 bits per heavy atom. The summed E-state index contributed by atoms with van der Waals surface area (Å²) in [5.41, 5.74) is 2.31. The van der Waals surface area contributed by atoms with Crippen molar-refractivity contribution in [2.24, 2.45) is 0 Å². The molecule has 0 aliphatic carbocycles. The molecule has 1 N–H and O–H groups in total. The van der Waals surface area contributed by atoms with Crippen LogP contribution in [0.2, 0.25) is 5.02 Å². The Morgan fingerprint density at radius 3 is 2.66 bits per heavy atom. The maximum absolute atomic E-state index is 12.7. The van der Waals surface area contributed by atoms with Crippen molar-refractivity contribution in [2.75, 3.05) is 0 Å². The summed E-state index contributed by atoms with van der Waals surface area (Å²) in [6.07, 6.45) is 1.73. The SMILES string of the molecule is Cc1cccc(CN2C(=O)N/C(=C/c3ccc(Sc4ccc(Cl)cc4)s3)C2=O)c1. The maximum atomic E-state index is 12.7. The first-order valence-electron chi connectivity index (χ1n) is 8.91. The van der Waals surface area contributed by atoms with Crippen LogP contribution >= 0.6 is 34.7 Å². The molecule has 0 saturated carbocycles. The summed E-state index contributed by atoms with van der Waals surface area (Å²) in [6.45, 7) is 2.24. The monoisotopic (exact) mass is 440 g/mol. The van der Waals surface area contributed by atoms with Gasteiger partial charge in [0.2, 0.25) is 0 Å². The molecule has 1 aliphatic heterocycles. The molecule has 0 radical (unpaired) electrons. The second-order valence-corrected chi connectivity index (χ2v) is 9.51. The highest BCUT2D eigenvalue weighted by molar-refractivity contribution is 8.01. The molecular weight excluding hydrogens is 424 g/mol. The Morgan fingerprint density at radius 1 is 1.10 bits per heavy atom. The summed E-state index contributed by atoms with van der Waals surface area (Å²) < 4.78 is 1.09. The molecular formula is C22H17ClN2O2S2. The van der Waals surface area contributed by atoms with Gasteiger partial charge in [0, 0.05) is 14.8 Å². The first-order chi connectivity index (χ1) is 14.0. The van der Waals surface area contributed by atoms with E-state index in [1.54, 1.807) is 29.2 Å². The molecule has 1 aliphatic rings. The van der Waals surface area contributed by atoms with E-state index in [-0.39, 0.29) is 12.5 Å². The maximum Gasteiger partial charge on any atom is 0.329 e. The van der Waals surface area contributed by atoms with E-state index in [2.05, 4.69) is 5.32 Å². The predicted octanol–water partition coefficient (Wildman–Crippen LogP) is 5.95. The van der Waals surface area contributed by atoms with Crippen molar-refractivity contribution in [3.63, 3.8) is 0 Å². The van der Waals surface area contributed by atoms with Gasteiger partial charge in [-0.25, -0.2) is 4.79 Å². The van der Waals surface area contributed by atoms with E-state index >= 15 is 0 Å². The van der Waals surface area contributed by atoms with Gasteiger partial charge in [-0.1, -0.05) is 53.2 Å². The van der Waals surface area contributed by atoms with E-state index in [0.717, 1.165) is 25.1 Å². The number of imide groups is 1. The number of benzene rings is 2. The van der Waals surface area contributed by atoms with Crippen LogP contribution in [-0.4, -0.2) is 16.8 Å². The average molecular weight is 441 g/mol. The highest BCUT2D eigenvalue weighted by Crippen LogP contribution is 2.35. The summed E-state index contributed by atoms with van der Waals surface area (Å²) in [4.78, 5) is 28.2. The quantitative estimate of drug-likeness (QED) is 0.393. The number of thiophene rings is 1. The second kappa shape index (κ2) is 8.45. The van der Waals surface area contributed by atoms with E-state index in [4.69, 9.17) is 11.6 Å². The third kappa shape index (κ3) is 4.72. The summed E-state index contributed by atoms with van der Waals surface area (Å²) in [7, 11) is 0. The minimum atomic E-state index is -0.393. The number of aryl methyl sites for hydroxylation is 1. The van der Waals surface area contributed by atoms with Crippen molar-refractivity contribution >= 4 is 52.7 Å². The third-order valence-electron chi connectivity index (χ3n) is 4.31. The van der Waals surface area contributed by atoms with Crippen molar-refractivity contribution < 1.29 is 9.59 Å². The standard InChI is InChI=1S/C22H17ClN2O2S2/c1-14-3-2-4-15(11-14)13-25-21(26)19(24-22(25)27)12-18-9-10-20(29-18)28-17-7-5-16(23)6-8-17/h2-12H,13H2,1H3,(H,24,27)/b19-12+. The summed E-state index contributed by atoms with van der Waals surface area (Å²) in [5.74, 6) is -0.309. The van der Waals surface area contributed by atoms with Crippen molar-refractivity contribution in [1.82, 2.24) is 10.2 Å². The number of carbonyl (C=O) groups excluding carboxylic acids is 2. The van der Waals surface area contributed by atoms with Gasteiger partial charge in [-0.15, -0.1) is 11.3 Å². The van der Waals surface area contributed by atoms with E-state index in [9.17, 15) is 9.59 Å². The third-order valence-corrected chi connectivity index (χ3v) is 6.73. The molecule has 0 unspecified atom stereocenters. The predicted molar refractivity (Wildman–Crippen MR) is 118 cm³/mol. The van der Waals surface area contributed by atoms with Crippen molar-refractivity contribution in [3.05, 3.63) is 87.4 Å². The summed E-state index contributed by atoms with van der Waals surface area (Å²) in [6, 6.07) is 19.0. The minimum absolute atomic E-state index is 0.256. The molecule has 0 bridgehead atoms. The molecule has 3 aromatic rings. The highest BCUT2D eigenvalue weighted by Gasteiger charge is 2.33. The average Bonchev–Trinajstić information content (AvgIpc) is 3.23. The van der Waals surface area contributed by atoms with Crippen LogP contribution in [-0.2, 0) is 11.3 Å². The number of nitrogens with one attached hydrogen (secondary N) is 1. The lowest BCUT2D eigenvalue weighted by Crippen LogP contribution is -2.30. The second-order valence-electron chi connectivity index (χ2n) is 6.58. The molecule has 2 heterocycles. The van der Waals surface area contributed by atoms with Crippen molar-refractivity contribution in [3.8, 4) is 0 Å². The van der Waals surface area contributed by atoms with Gasteiger partial charge >= 0.3 is 6.03 Å². The number of urea groups is 1.